The van der Waals surface area contributed by atoms with Gasteiger partial charge in [-0.05, 0) is 44.9 Å². The van der Waals surface area contributed by atoms with Crippen LogP contribution in [0.15, 0.2) is 24.3 Å². The van der Waals surface area contributed by atoms with Crippen LogP contribution in [-0.4, -0.2) is 16.3 Å². The third-order valence-electron chi connectivity index (χ3n) is 4.03. The zero-order chi connectivity index (χ0) is 15.4. The molecule has 0 radical (unpaired) electrons. The predicted octanol–water partition coefficient (Wildman–Crippen LogP) is 4.25. The number of nitrogens with zero attached hydrogens (tertiary/aromatic N) is 2. The van der Waals surface area contributed by atoms with Gasteiger partial charge in [0.15, 0.2) is 0 Å². The Morgan fingerprint density at radius 2 is 1.81 bits per heavy atom. The highest BCUT2D eigenvalue weighted by Crippen LogP contribution is 2.28. The molecule has 21 heavy (non-hydrogen) atoms. The zero-order valence-electron chi connectivity index (χ0n) is 13.9. The Labute approximate surface area is 128 Å². The van der Waals surface area contributed by atoms with Crippen LogP contribution >= 0.6 is 0 Å². The highest BCUT2D eigenvalue weighted by Gasteiger charge is 2.13. The molecule has 0 saturated carbocycles. The van der Waals surface area contributed by atoms with E-state index in [0.29, 0.717) is 6.04 Å². The maximum absolute atomic E-state index is 4.67. The highest BCUT2D eigenvalue weighted by atomic mass is 15.3. The Morgan fingerprint density at radius 1 is 1.14 bits per heavy atom. The summed E-state index contributed by atoms with van der Waals surface area (Å²) < 4.78 is 2.12. The van der Waals surface area contributed by atoms with Crippen LogP contribution in [0.4, 0.5) is 0 Å². The largest absolute Gasteiger partial charge is 0.310 e. The molecule has 1 aromatic carbocycles. The number of rotatable bonds is 6. The van der Waals surface area contributed by atoms with Gasteiger partial charge in [0.1, 0.15) is 0 Å². The third-order valence-corrected chi connectivity index (χ3v) is 4.03. The second kappa shape index (κ2) is 6.90. The van der Waals surface area contributed by atoms with E-state index < -0.39 is 0 Å². The first kappa shape index (κ1) is 15.8. The van der Waals surface area contributed by atoms with Crippen LogP contribution in [0, 0.1) is 13.8 Å². The summed E-state index contributed by atoms with van der Waals surface area (Å²) in [4.78, 5) is 0. The molecule has 0 aliphatic rings. The molecular formula is C18H27N3. The average molecular weight is 285 g/mol. The van der Waals surface area contributed by atoms with Crippen LogP contribution in [0.25, 0.3) is 11.1 Å². The molecular weight excluding hydrogens is 258 g/mol. The normalized spacial score (nSPS) is 12.6. The fourth-order valence-corrected chi connectivity index (χ4v) is 2.91. The van der Waals surface area contributed by atoms with Gasteiger partial charge in [-0.2, -0.15) is 5.10 Å². The Hall–Kier alpha value is -1.61. The van der Waals surface area contributed by atoms with E-state index in [9.17, 15) is 0 Å². The van der Waals surface area contributed by atoms with Crippen LogP contribution in [-0.2, 0) is 6.54 Å². The van der Waals surface area contributed by atoms with Gasteiger partial charge in [-0.15, -0.1) is 0 Å². The fraction of sp³-hybridized carbons (Fsp3) is 0.500. The van der Waals surface area contributed by atoms with E-state index in [4.69, 9.17) is 0 Å². The first-order valence-electron chi connectivity index (χ1n) is 7.96. The molecule has 0 aliphatic heterocycles. The molecule has 0 bridgehead atoms. The smallest absolute Gasteiger partial charge is 0.0674 e. The van der Waals surface area contributed by atoms with E-state index in [2.05, 4.69) is 74.0 Å². The molecule has 2 rings (SSSR count). The number of aromatic nitrogens is 2. The van der Waals surface area contributed by atoms with Crippen molar-refractivity contribution in [3.63, 3.8) is 0 Å². The lowest BCUT2D eigenvalue weighted by molar-refractivity contribution is 0.583. The molecule has 3 nitrogen and oxygen atoms in total. The number of nitrogens with one attached hydrogen (secondary N) is 1. The standard InChI is InChI=1S/C18H27N3/c1-6-12-21-15(5)18(14(4)20-21)17-10-8-16(9-11-17)13(3)19-7-2/h8-11,13,19H,6-7,12H2,1-5H3. The second-order valence-corrected chi connectivity index (χ2v) is 5.67. The van der Waals surface area contributed by atoms with Crippen molar-refractivity contribution in [2.24, 2.45) is 0 Å². The Bertz CT molecular complexity index is 581. The molecule has 1 aromatic heterocycles. The van der Waals surface area contributed by atoms with Crippen molar-refractivity contribution >= 4 is 0 Å². The SMILES string of the molecule is CCCn1nc(C)c(-c2ccc(C(C)NCC)cc2)c1C. The van der Waals surface area contributed by atoms with E-state index in [1.807, 2.05) is 0 Å². The van der Waals surface area contributed by atoms with Crippen molar-refractivity contribution in [1.82, 2.24) is 15.1 Å². The van der Waals surface area contributed by atoms with Crippen molar-refractivity contribution in [2.75, 3.05) is 6.54 Å². The first-order valence-corrected chi connectivity index (χ1v) is 7.96. The van der Waals surface area contributed by atoms with Gasteiger partial charge in [-0.1, -0.05) is 38.1 Å². The van der Waals surface area contributed by atoms with E-state index in [1.54, 1.807) is 0 Å². The molecule has 114 valence electrons. The van der Waals surface area contributed by atoms with Crippen LogP contribution in [0.3, 0.4) is 0 Å². The van der Waals surface area contributed by atoms with Gasteiger partial charge < -0.3 is 5.32 Å². The molecule has 0 fully saturated rings. The number of benzene rings is 1. The Morgan fingerprint density at radius 3 is 2.38 bits per heavy atom. The number of hydrogen-bond donors (Lipinski definition) is 1. The third kappa shape index (κ3) is 3.35. The minimum atomic E-state index is 0.397. The quantitative estimate of drug-likeness (QED) is 0.860. The maximum atomic E-state index is 4.67. The van der Waals surface area contributed by atoms with E-state index in [1.165, 1.54) is 22.4 Å². The summed E-state index contributed by atoms with van der Waals surface area (Å²) in [5.74, 6) is 0. The van der Waals surface area contributed by atoms with Gasteiger partial charge in [0.05, 0.1) is 5.69 Å². The Kier molecular flexibility index (Phi) is 5.18. The topological polar surface area (TPSA) is 29.9 Å². The van der Waals surface area contributed by atoms with Crippen molar-refractivity contribution in [3.05, 3.63) is 41.2 Å². The first-order chi connectivity index (χ1) is 10.1. The lowest BCUT2D eigenvalue weighted by Gasteiger charge is -2.13. The fourth-order valence-electron chi connectivity index (χ4n) is 2.91. The van der Waals surface area contributed by atoms with Crippen LogP contribution < -0.4 is 5.32 Å². The highest BCUT2D eigenvalue weighted by molar-refractivity contribution is 5.68. The summed E-state index contributed by atoms with van der Waals surface area (Å²) in [7, 11) is 0. The number of aryl methyl sites for hydroxylation is 2. The summed E-state index contributed by atoms with van der Waals surface area (Å²) in [6.07, 6.45) is 1.11. The summed E-state index contributed by atoms with van der Waals surface area (Å²) >= 11 is 0. The van der Waals surface area contributed by atoms with Crippen molar-refractivity contribution < 1.29 is 0 Å². The van der Waals surface area contributed by atoms with Crippen molar-refractivity contribution in [2.45, 2.75) is 53.6 Å². The van der Waals surface area contributed by atoms with Crippen LogP contribution in [0.1, 0.15) is 50.2 Å². The molecule has 3 heteroatoms. The number of hydrogen-bond acceptors (Lipinski definition) is 2. The van der Waals surface area contributed by atoms with Crippen LogP contribution in [0.2, 0.25) is 0 Å². The summed E-state index contributed by atoms with van der Waals surface area (Å²) in [6.45, 7) is 12.8. The molecule has 1 unspecified atom stereocenters. The molecule has 0 aliphatic carbocycles. The lowest BCUT2D eigenvalue weighted by atomic mass is 10.00. The van der Waals surface area contributed by atoms with Gasteiger partial charge in [0.2, 0.25) is 0 Å². The summed E-state index contributed by atoms with van der Waals surface area (Å²) in [6, 6.07) is 9.28. The van der Waals surface area contributed by atoms with Crippen molar-refractivity contribution in [1.29, 1.82) is 0 Å². The zero-order valence-corrected chi connectivity index (χ0v) is 13.9. The molecule has 0 saturated heterocycles. The average Bonchev–Trinajstić information content (AvgIpc) is 2.74. The lowest BCUT2D eigenvalue weighted by Crippen LogP contribution is -2.17. The van der Waals surface area contributed by atoms with E-state index in [-0.39, 0.29) is 0 Å². The summed E-state index contributed by atoms with van der Waals surface area (Å²) in [5, 5.41) is 8.12. The second-order valence-electron chi connectivity index (χ2n) is 5.67. The van der Waals surface area contributed by atoms with Gasteiger partial charge >= 0.3 is 0 Å². The minimum absolute atomic E-state index is 0.397. The van der Waals surface area contributed by atoms with Gasteiger partial charge in [0.25, 0.3) is 0 Å². The predicted molar refractivity (Wildman–Crippen MR) is 89.5 cm³/mol. The Balaban J connectivity index is 2.30. The van der Waals surface area contributed by atoms with Gasteiger partial charge in [0, 0.05) is 23.8 Å². The van der Waals surface area contributed by atoms with Gasteiger partial charge in [-0.25, -0.2) is 0 Å². The van der Waals surface area contributed by atoms with Gasteiger partial charge in [-0.3, -0.25) is 4.68 Å². The minimum Gasteiger partial charge on any atom is -0.310 e. The van der Waals surface area contributed by atoms with E-state index >= 15 is 0 Å². The molecule has 1 atom stereocenters. The molecule has 0 spiro atoms. The van der Waals surface area contributed by atoms with E-state index in [0.717, 1.165) is 25.2 Å². The molecule has 1 N–H and O–H groups in total. The monoisotopic (exact) mass is 285 g/mol. The molecule has 1 heterocycles. The van der Waals surface area contributed by atoms with Crippen LogP contribution in [0.5, 0.6) is 0 Å². The maximum Gasteiger partial charge on any atom is 0.0674 e. The molecule has 2 aromatic rings. The van der Waals surface area contributed by atoms with Crippen molar-refractivity contribution in [3.8, 4) is 11.1 Å². The molecule has 0 amide bonds. The summed E-state index contributed by atoms with van der Waals surface area (Å²) in [5.41, 5.74) is 6.26.